The summed E-state index contributed by atoms with van der Waals surface area (Å²) < 4.78 is 13.7. The molecule has 0 amide bonds. The van der Waals surface area contributed by atoms with Crippen LogP contribution in [0.5, 0.6) is 0 Å². The molecule has 0 aromatic heterocycles. The van der Waals surface area contributed by atoms with Crippen LogP contribution in [0.4, 0.5) is 0 Å². The summed E-state index contributed by atoms with van der Waals surface area (Å²) in [6, 6.07) is 0.913. The fraction of sp³-hybridized carbons (Fsp3) is 0.833. The van der Waals surface area contributed by atoms with E-state index in [9.17, 15) is 0 Å². The van der Waals surface area contributed by atoms with Crippen LogP contribution < -0.4 is 5.73 Å². The second kappa shape index (κ2) is 20.2. The van der Waals surface area contributed by atoms with Crippen molar-refractivity contribution in [3.05, 3.63) is 26.7 Å². The first-order valence-corrected chi connectivity index (χ1v) is 12.2. The van der Waals surface area contributed by atoms with E-state index < -0.39 is 8.30 Å². The topological polar surface area (TPSA) is 47.7 Å². The van der Waals surface area contributed by atoms with Crippen LogP contribution in [0.15, 0.2) is 11.9 Å². The third-order valence-corrected chi connectivity index (χ3v) is 8.02. The minimum absolute atomic E-state index is 0. The summed E-state index contributed by atoms with van der Waals surface area (Å²) in [5, 5.41) is 1.05. The molecule has 4 nitrogen and oxygen atoms in total. The van der Waals surface area contributed by atoms with Gasteiger partial charge in [-0.15, -0.1) is 0 Å². The number of hydrogen-bond donors (Lipinski definition) is 1. The second-order valence-electron chi connectivity index (χ2n) is 8.66. The van der Waals surface area contributed by atoms with Crippen LogP contribution in [0, 0.1) is 26.7 Å². The molecule has 2 N–H and O–H groups in total. The molecule has 0 aliphatic heterocycles. The molecule has 1 atom stereocenters. The minimum Gasteiger partial charge on any atom is -0.384 e. The third-order valence-electron chi connectivity index (χ3n) is 5.56. The van der Waals surface area contributed by atoms with E-state index in [1.807, 2.05) is 0 Å². The smallest absolute Gasteiger partial charge is 0.384 e. The predicted molar refractivity (Wildman–Crippen MR) is 132 cm³/mol. The van der Waals surface area contributed by atoms with E-state index in [0.717, 1.165) is 30.4 Å². The molecular weight excluding hydrogens is 435 g/mol. The molecular formula is C24H51FeN2O2P. The van der Waals surface area contributed by atoms with Gasteiger partial charge in [0, 0.05) is 37.7 Å². The van der Waals surface area contributed by atoms with Gasteiger partial charge in [-0.25, -0.2) is 0 Å². The average molecular weight is 487 g/mol. The molecule has 182 valence electrons. The molecule has 1 unspecified atom stereocenters. The van der Waals surface area contributed by atoms with Crippen molar-refractivity contribution in [3.63, 3.8) is 0 Å². The standard InChI is InChI=1S/C15H31N2OP.C7H14O.2CH3.Fe/c1-12(2)17(13(3)4)19(14(5)10-16)18-11-15-8-6-7-9-15;1-8-6-7-4-2-3-5-7;;;/h12-13,15H,5-11,16H2,1-4H3;7H,2-6H2,1H3;2*1H3;/q;;2*-1;+2. The van der Waals surface area contributed by atoms with Gasteiger partial charge in [0.15, 0.2) is 0 Å². The van der Waals surface area contributed by atoms with Gasteiger partial charge >= 0.3 is 17.1 Å². The van der Waals surface area contributed by atoms with Crippen LogP contribution in [0.3, 0.4) is 0 Å². The average Bonchev–Trinajstić information content (AvgIpc) is 3.31. The van der Waals surface area contributed by atoms with Gasteiger partial charge in [-0.1, -0.05) is 32.3 Å². The zero-order valence-electron chi connectivity index (χ0n) is 20.9. The Labute approximate surface area is 201 Å². The number of rotatable bonds is 10. The van der Waals surface area contributed by atoms with Crippen LogP contribution >= 0.6 is 8.30 Å². The first-order chi connectivity index (χ1) is 12.9. The van der Waals surface area contributed by atoms with Gasteiger partial charge < -0.3 is 29.8 Å². The van der Waals surface area contributed by atoms with Gasteiger partial charge in [0.1, 0.15) is 8.30 Å². The van der Waals surface area contributed by atoms with Crippen molar-refractivity contribution in [2.45, 2.75) is 91.1 Å². The number of ether oxygens (including phenoxy) is 1. The van der Waals surface area contributed by atoms with Gasteiger partial charge in [-0.05, 0) is 65.2 Å². The Kier molecular flexibility index (Phi) is 23.6. The molecule has 0 aromatic rings. The molecule has 2 aliphatic carbocycles. The predicted octanol–water partition coefficient (Wildman–Crippen LogP) is 6.82. The van der Waals surface area contributed by atoms with Crippen molar-refractivity contribution in [1.29, 1.82) is 0 Å². The maximum absolute atomic E-state index is 6.27. The maximum atomic E-state index is 6.27. The Bertz CT molecular complexity index is 391. The first kappa shape index (κ1) is 35.1. The molecule has 30 heavy (non-hydrogen) atoms. The molecule has 2 aliphatic rings. The summed E-state index contributed by atoms with van der Waals surface area (Å²) in [4.78, 5) is 0. The molecule has 2 saturated carbocycles. The van der Waals surface area contributed by atoms with Crippen molar-refractivity contribution in [3.8, 4) is 0 Å². The summed E-state index contributed by atoms with van der Waals surface area (Å²) in [6.45, 7) is 15.4. The van der Waals surface area contributed by atoms with Crippen molar-refractivity contribution >= 4 is 8.30 Å². The fourth-order valence-electron chi connectivity index (χ4n) is 4.18. The quantitative estimate of drug-likeness (QED) is 0.209. The summed E-state index contributed by atoms with van der Waals surface area (Å²) in [6.07, 6.45) is 11.0. The molecule has 6 heteroatoms. The third kappa shape index (κ3) is 13.2. The SMILES string of the molecule is C=C(CN)P(OCC1CCCC1)N(C(C)C)C(C)C.COCC1CCCC1.[CH3-].[CH3-].[Fe+2]. The fourth-order valence-corrected chi connectivity index (χ4v) is 6.17. The minimum atomic E-state index is -0.767. The first-order valence-electron chi connectivity index (χ1n) is 11.0. The molecule has 0 heterocycles. The number of methoxy groups -OCH3 is 1. The van der Waals surface area contributed by atoms with Gasteiger partial charge in [0.05, 0.1) is 6.61 Å². The van der Waals surface area contributed by atoms with E-state index in [1.165, 1.54) is 51.4 Å². The van der Waals surface area contributed by atoms with Crippen LogP contribution in [0.25, 0.3) is 0 Å². The molecule has 0 aromatic carbocycles. The second-order valence-corrected chi connectivity index (χ2v) is 10.6. The molecule has 2 fully saturated rings. The number of hydrogen-bond acceptors (Lipinski definition) is 4. The molecule has 0 spiro atoms. The normalized spacial score (nSPS) is 17.8. The molecule has 2 rings (SSSR count). The summed E-state index contributed by atoms with van der Waals surface area (Å²) >= 11 is 0. The molecule has 0 radical (unpaired) electrons. The van der Waals surface area contributed by atoms with Crippen molar-refractivity contribution in [1.82, 2.24) is 4.67 Å². The Hall–Kier alpha value is 0.529. The Morgan fingerprint density at radius 2 is 1.33 bits per heavy atom. The van der Waals surface area contributed by atoms with Gasteiger partial charge in [0.2, 0.25) is 0 Å². The van der Waals surface area contributed by atoms with Crippen LogP contribution in [0.2, 0.25) is 0 Å². The van der Waals surface area contributed by atoms with Gasteiger partial charge in [0.25, 0.3) is 0 Å². The number of nitrogens with two attached hydrogens (primary N) is 1. The van der Waals surface area contributed by atoms with E-state index in [2.05, 4.69) is 38.9 Å². The van der Waals surface area contributed by atoms with E-state index in [-0.39, 0.29) is 31.9 Å². The van der Waals surface area contributed by atoms with Crippen LogP contribution in [-0.4, -0.2) is 43.6 Å². The zero-order valence-corrected chi connectivity index (χ0v) is 22.9. The van der Waals surface area contributed by atoms with Crippen LogP contribution in [0.1, 0.15) is 79.1 Å². The van der Waals surface area contributed by atoms with E-state index in [1.54, 1.807) is 7.11 Å². The summed E-state index contributed by atoms with van der Waals surface area (Å²) in [7, 11) is 1.02. The van der Waals surface area contributed by atoms with Gasteiger partial charge in [-0.2, -0.15) is 0 Å². The summed E-state index contributed by atoms with van der Waals surface area (Å²) in [5.41, 5.74) is 5.80. The Morgan fingerprint density at radius 1 is 0.933 bits per heavy atom. The van der Waals surface area contributed by atoms with E-state index in [0.29, 0.717) is 18.6 Å². The van der Waals surface area contributed by atoms with Crippen molar-refractivity contribution in [2.24, 2.45) is 17.6 Å². The Balaban J connectivity index is -0.000000565. The van der Waals surface area contributed by atoms with E-state index in [4.69, 9.17) is 15.0 Å². The Morgan fingerprint density at radius 3 is 1.67 bits per heavy atom. The molecule has 0 saturated heterocycles. The molecule has 0 bridgehead atoms. The largest absolute Gasteiger partial charge is 2.00 e. The van der Waals surface area contributed by atoms with Crippen molar-refractivity contribution < 1.29 is 26.3 Å². The summed E-state index contributed by atoms with van der Waals surface area (Å²) in [5.74, 6) is 1.64. The number of nitrogens with zero attached hydrogens (tertiary/aromatic N) is 1. The maximum Gasteiger partial charge on any atom is 2.00 e. The van der Waals surface area contributed by atoms with Crippen LogP contribution in [-0.2, 0) is 26.3 Å². The van der Waals surface area contributed by atoms with Gasteiger partial charge in [-0.3, -0.25) is 4.67 Å². The monoisotopic (exact) mass is 486 g/mol. The van der Waals surface area contributed by atoms with E-state index >= 15 is 0 Å². The zero-order chi connectivity index (χ0) is 20.2. The van der Waals surface area contributed by atoms with Crippen molar-refractivity contribution in [2.75, 3.05) is 26.9 Å².